The number of aromatic nitrogens is 2. The Hall–Kier alpha value is -4.07. The van der Waals surface area contributed by atoms with Crippen LogP contribution in [0.1, 0.15) is 30.2 Å². The number of aromatic amines is 1. The minimum Gasteiger partial charge on any atom is -0.497 e. The van der Waals surface area contributed by atoms with E-state index in [-0.39, 0.29) is 5.91 Å². The third-order valence-electron chi connectivity index (χ3n) is 6.30. The van der Waals surface area contributed by atoms with E-state index >= 15 is 0 Å². The Morgan fingerprint density at radius 3 is 2.67 bits per heavy atom. The number of amides is 1. The molecule has 0 spiro atoms. The molecule has 2 aromatic heterocycles. The van der Waals surface area contributed by atoms with Crippen molar-refractivity contribution in [2.24, 2.45) is 0 Å². The zero-order valence-electron chi connectivity index (χ0n) is 22.4. The number of ether oxygens (including phenoxy) is 2. The second-order valence-electron chi connectivity index (χ2n) is 8.75. The molecular weight excluding hydrogens is 512 g/mol. The highest BCUT2D eigenvalue weighted by atomic mass is 35.5. The predicted molar refractivity (Wildman–Crippen MR) is 158 cm³/mol. The van der Waals surface area contributed by atoms with E-state index < -0.39 is 0 Å². The molecule has 0 radical (unpaired) electrons. The molecule has 0 saturated carbocycles. The number of fused-ring (bicyclic) bond motifs is 1. The molecule has 0 saturated heterocycles. The number of hydrogen-bond donors (Lipinski definition) is 3. The maximum Gasteiger partial charge on any atom is 0.243 e. The lowest BCUT2D eigenvalue weighted by Gasteiger charge is -2.16. The second kappa shape index (κ2) is 13.6. The smallest absolute Gasteiger partial charge is 0.243 e. The van der Waals surface area contributed by atoms with Crippen LogP contribution < -0.4 is 20.1 Å². The fourth-order valence-electron chi connectivity index (χ4n) is 4.36. The molecular formula is C31H33ClN4O3. The highest BCUT2D eigenvalue weighted by molar-refractivity contribution is 6.38. The van der Waals surface area contributed by atoms with Crippen molar-refractivity contribution in [1.29, 1.82) is 0 Å². The quantitative estimate of drug-likeness (QED) is 0.153. The zero-order valence-corrected chi connectivity index (χ0v) is 23.1. The Balaban J connectivity index is 1.62. The molecule has 202 valence electrons. The average molecular weight is 545 g/mol. The summed E-state index contributed by atoms with van der Waals surface area (Å²) in [6.07, 6.45) is 5.85. The van der Waals surface area contributed by atoms with Gasteiger partial charge < -0.3 is 25.1 Å². The Kier molecular flexibility index (Phi) is 9.78. The van der Waals surface area contributed by atoms with Crippen molar-refractivity contribution < 1.29 is 14.3 Å². The van der Waals surface area contributed by atoms with Crippen molar-refractivity contribution in [2.45, 2.75) is 13.3 Å². The minimum atomic E-state index is -0.128. The molecule has 0 bridgehead atoms. The number of H-pyrrole nitrogens is 1. The monoisotopic (exact) mass is 544 g/mol. The summed E-state index contributed by atoms with van der Waals surface area (Å²) < 4.78 is 11.3. The summed E-state index contributed by atoms with van der Waals surface area (Å²) in [5.41, 5.74) is 5.90. The number of pyridine rings is 1. The number of halogens is 1. The van der Waals surface area contributed by atoms with Crippen LogP contribution in [0.15, 0.2) is 79.0 Å². The number of carbonyl (C=O) groups excluding carboxylic acids is 1. The van der Waals surface area contributed by atoms with Crippen molar-refractivity contribution in [3.8, 4) is 11.6 Å². The third-order valence-corrected chi connectivity index (χ3v) is 6.69. The summed E-state index contributed by atoms with van der Waals surface area (Å²) in [6, 6.07) is 20.0. The highest BCUT2D eigenvalue weighted by Gasteiger charge is 2.20. The van der Waals surface area contributed by atoms with Crippen molar-refractivity contribution in [2.75, 3.05) is 33.9 Å². The van der Waals surface area contributed by atoms with Gasteiger partial charge in [0.1, 0.15) is 12.4 Å². The molecule has 4 aromatic rings. The fourth-order valence-corrected chi connectivity index (χ4v) is 4.67. The van der Waals surface area contributed by atoms with Gasteiger partial charge in [0.2, 0.25) is 11.8 Å². The molecule has 0 aliphatic rings. The molecule has 1 amide bonds. The molecule has 0 unspecified atom stereocenters. The van der Waals surface area contributed by atoms with E-state index in [4.69, 9.17) is 21.1 Å². The number of nitrogens with one attached hydrogen (secondary N) is 3. The fraction of sp³-hybridized carbons (Fsp3) is 0.226. The van der Waals surface area contributed by atoms with Gasteiger partial charge in [-0.2, -0.15) is 0 Å². The topological polar surface area (TPSA) is 88.3 Å². The summed E-state index contributed by atoms with van der Waals surface area (Å²) in [5, 5.41) is 7.38. The first-order valence-electron chi connectivity index (χ1n) is 12.9. The molecule has 3 N–H and O–H groups in total. The van der Waals surface area contributed by atoms with Crippen LogP contribution in [0.25, 0.3) is 22.0 Å². The van der Waals surface area contributed by atoms with Crippen LogP contribution in [-0.2, 0) is 4.79 Å². The van der Waals surface area contributed by atoms with Crippen molar-refractivity contribution in [3.63, 3.8) is 0 Å². The molecule has 8 heteroatoms. The Morgan fingerprint density at radius 2 is 1.95 bits per heavy atom. The molecule has 7 nitrogen and oxygen atoms in total. The lowest BCUT2D eigenvalue weighted by molar-refractivity contribution is -0.116. The summed E-state index contributed by atoms with van der Waals surface area (Å²) in [5.74, 6) is 1.19. The summed E-state index contributed by atoms with van der Waals surface area (Å²) >= 11 is 6.96. The average Bonchev–Trinajstić information content (AvgIpc) is 3.31. The third kappa shape index (κ3) is 6.88. The van der Waals surface area contributed by atoms with E-state index in [1.165, 1.54) is 6.08 Å². The first kappa shape index (κ1) is 28.0. The zero-order chi connectivity index (χ0) is 27.6. The first-order valence-corrected chi connectivity index (χ1v) is 13.3. The number of nitrogens with zero attached hydrogens (tertiary/aromatic N) is 1. The number of likely N-dealkylation sites (N-methyl/N-ethyl adjacent to an activating group) is 1. The van der Waals surface area contributed by atoms with Gasteiger partial charge in [-0.05, 0) is 41.8 Å². The summed E-state index contributed by atoms with van der Waals surface area (Å²) in [4.78, 5) is 19.3. The van der Waals surface area contributed by atoms with Crippen LogP contribution >= 0.6 is 11.6 Å². The predicted octanol–water partition coefficient (Wildman–Crippen LogP) is 5.86. The van der Waals surface area contributed by atoms with E-state index in [1.807, 2.05) is 60.8 Å². The molecule has 0 aliphatic carbocycles. The van der Waals surface area contributed by atoms with Crippen molar-refractivity contribution in [3.05, 3.63) is 101 Å². The number of carbonyl (C=O) groups is 1. The Bertz CT molecular complexity index is 1470. The largest absolute Gasteiger partial charge is 0.497 e. The van der Waals surface area contributed by atoms with Crippen LogP contribution in [-0.4, -0.2) is 49.7 Å². The lowest BCUT2D eigenvalue weighted by Crippen LogP contribution is -2.22. The van der Waals surface area contributed by atoms with Crippen LogP contribution in [0, 0.1) is 0 Å². The van der Waals surface area contributed by atoms with Crippen LogP contribution in [0.5, 0.6) is 11.6 Å². The SMILES string of the molecule is CC/C(=C(/c1ccc(OCCNC/C=C/C(=O)NC)nc1)c1[nH]c2ccccc2c1Cl)c1cccc(OC)c1. The summed E-state index contributed by atoms with van der Waals surface area (Å²) in [6.45, 7) is 3.77. The molecule has 2 heterocycles. The Labute approximate surface area is 233 Å². The van der Waals surface area contributed by atoms with Gasteiger partial charge in [-0.1, -0.05) is 54.9 Å². The normalized spacial score (nSPS) is 12.0. The number of methoxy groups -OCH3 is 1. The van der Waals surface area contributed by atoms with Crippen LogP contribution in [0.3, 0.4) is 0 Å². The van der Waals surface area contributed by atoms with Crippen molar-refractivity contribution >= 4 is 39.6 Å². The summed E-state index contributed by atoms with van der Waals surface area (Å²) in [7, 11) is 3.27. The maximum atomic E-state index is 11.2. The lowest BCUT2D eigenvalue weighted by atomic mass is 9.91. The molecule has 0 fully saturated rings. The van der Waals surface area contributed by atoms with Crippen LogP contribution in [0.4, 0.5) is 0 Å². The van der Waals surface area contributed by atoms with Gasteiger partial charge in [0.05, 0.1) is 17.8 Å². The second-order valence-corrected chi connectivity index (χ2v) is 9.13. The highest BCUT2D eigenvalue weighted by Crippen LogP contribution is 2.40. The molecule has 0 aliphatic heterocycles. The van der Waals surface area contributed by atoms with Gasteiger partial charge in [-0.3, -0.25) is 4.79 Å². The molecule has 39 heavy (non-hydrogen) atoms. The number of hydrogen-bond acceptors (Lipinski definition) is 5. The maximum absolute atomic E-state index is 11.2. The number of benzene rings is 2. The van der Waals surface area contributed by atoms with Gasteiger partial charge in [0, 0.05) is 60.5 Å². The van der Waals surface area contributed by atoms with E-state index in [9.17, 15) is 4.79 Å². The van der Waals surface area contributed by atoms with Gasteiger partial charge in [0.15, 0.2) is 0 Å². The van der Waals surface area contributed by atoms with Crippen molar-refractivity contribution in [1.82, 2.24) is 20.6 Å². The van der Waals surface area contributed by atoms with Crippen LogP contribution in [0.2, 0.25) is 5.02 Å². The Morgan fingerprint density at radius 1 is 1.10 bits per heavy atom. The number of para-hydroxylation sites is 1. The van der Waals surface area contributed by atoms with Gasteiger partial charge >= 0.3 is 0 Å². The molecule has 4 rings (SSSR count). The van der Waals surface area contributed by atoms with E-state index in [1.54, 1.807) is 20.2 Å². The molecule has 0 atom stereocenters. The number of allylic oxidation sites excluding steroid dienone is 1. The number of rotatable bonds is 12. The standard InChI is InChI=1S/C31H33ClN4O3/c1-4-24(21-9-7-10-23(19-21)38-3)29(31-30(32)25-11-5-6-12-26(25)36-31)22-14-15-28(35-20-22)39-18-17-34-16-8-13-27(37)33-2/h5-15,19-20,34,36H,4,16-18H2,1-3H3,(H,33,37)/b13-8+,29-24+. The van der Waals surface area contributed by atoms with E-state index in [2.05, 4.69) is 33.6 Å². The molecule has 2 aromatic carbocycles. The van der Waals surface area contributed by atoms with Gasteiger partial charge in [-0.15, -0.1) is 0 Å². The minimum absolute atomic E-state index is 0.128. The van der Waals surface area contributed by atoms with E-state index in [0.29, 0.717) is 30.6 Å². The first-order chi connectivity index (χ1) is 19.0. The van der Waals surface area contributed by atoms with Gasteiger partial charge in [-0.25, -0.2) is 4.98 Å². The van der Waals surface area contributed by atoms with E-state index in [0.717, 1.165) is 51.0 Å². The van der Waals surface area contributed by atoms with Gasteiger partial charge in [0.25, 0.3) is 0 Å².